The summed E-state index contributed by atoms with van der Waals surface area (Å²) < 4.78 is 41.6. The maximum absolute atomic E-state index is 13.6. The normalized spacial score (nSPS) is 19.6. The molecule has 3 amide bonds. The zero-order chi connectivity index (χ0) is 29.5. The Morgan fingerprint density at radius 3 is 2.21 bits per heavy atom. The Balaban J connectivity index is 1.26. The van der Waals surface area contributed by atoms with Crippen LogP contribution < -0.4 is 20.3 Å². The number of urea groups is 1. The van der Waals surface area contributed by atoms with Crippen molar-refractivity contribution in [3.63, 3.8) is 0 Å². The molecule has 1 aromatic heterocycles. The molecule has 3 N–H and O–H groups in total. The first-order valence-corrected chi connectivity index (χ1v) is 14.3. The third kappa shape index (κ3) is 7.98. The van der Waals surface area contributed by atoms with Crippen LogP contribution in [-0.2, 0) is 6.54 Å². The van der Waals surface area contributed by atoms with Crippen LogP contribution in [0.4, 0.5) is 23.7 Å². The fourth-order valence-corrected chi connectivity index (χ4v) is 6.16. The Morgan fingerprint density at radius 1 is 0.929 bits per heavy atom. The zero-order valence-corrected chi connectivity index (χ0v) is 23.1. The molecule has 0 radical (unpaired) electrons. The number of rotatable bonds is 8. The number of benzene rings is 2. The van der Waals surface area contributed by atoms with E-state index in [-0.39, 0.29) is 23.7 Å². The molecule has 2 saturated carbocycles. The monoisotopic (exact) mass is 586 g/mol. The number of carbonyl (C=O) groups excluding carboxylic acids is 2. The summed E-state index contributed by atoms with van der Waals surface area (Å²) in [5.41, 5.74) is 4.23. The summed E-state index contributed by atoms with van der Waals surface area (Å²) in [5.74, 6) is 0.748. The van der Waals surface area contributed by atoms with Gasteiger partial charge in [-0.1, -0.05) is 54.2 Å². The van der Waals surface area contributed by atoms with Gasteiger partial charge in [-0.3, -0.25) is 4.79 Å². The van der Waals surface area contributed by atoms with Crippen molar-refractivity contribution >= 4 is 17.6 Å². The van der Waals surface area contributed by atoms with E-state index in [1.54, 1.807) is 17.0 Å². The molecule has 0 unspecified atom stereocenters. The summed E-state index contributed by atoms with van der Waals surface area (Å²) >= 11 is 0. The number of aromatic nitrogens is 4. The van der Waals surface area contributed by atoms with Crippen molar-refractivity contribution in [1.82, 2.24) is 20.4 Å². The van der Waals surface area contributed by atoms with Crippen LogP contribution in [0.3, 0.4) is 0 Å². The maximum Gasteiger partial charge on any atom is 0.573 e. The average Bonchev–Trinajstić information content (AvgIpc) is 3.50. The quantitative estimate of drug-likeness (QED) is 0.300. The lowest BCUT2D eigenvalue weighted by molar-refractivity contribution is -0.703. The van der Waals surface area contributed by atoms with E-state index in [2.05, 4.69) is 31.0 Å². The fraction of sp³-hybridized carbons (Fsp3) is 0.483. The number of nitrogens with one attached hydrogen (secondary N) is 3. The molecule has 5 rings (SSSR count). The van der Waals surface area contributed by atoms with Gasteiger partial charge in [-0.15, -0.1) is 13.2 Å². The second-order valence-electron chi connectivity index (χ2n) is 11.0. The summed E-state index contributed by atoms with van der Waals surface area (Å²) in [6.07, 6.45) is 6.98. The molecule has 0 atom stereocenters. The van der Waals surface area contributed by atoms with Crippen molar-refractivity contribution in [2.24, 2.45) is 11.8 Å². The number of hydrogen-bond donors (Lipinski definition) is 3. The van der Waals surface area contributed by atoms with E-state index in [4.69, 9.17) is 0 Å². The number of aromatic amines is 1. The van der Waals surface area contributed by atoms with Crippen LogP contribution in [0.2, 0.25) is 0 Å². The number of hydrogen-bond acceptors (Lipinski definition) is 5. The molecule has 0 bridgehead atoms. The molecule has 2 fully saturated rings. The van der Waals surface area contributed by atoms with Crippen LogP contribution in [0.25, 0.3) is 0 Å². The largest absolute Gasteiger partial charge is 0.573 e. The van der Waals surface area contributed by atoms with Crippen molar-refractivity contribution in [3.05, 3.63) is 66.0 Å². The molecule has 0 aliphatic heterocycles. The summed E-state index contributed by atoms with van der Waals surface area (Å²) in [6.45, 7) is 0.320. The smallest absolute Gasteiger partial charge is 0.406 e. The summed E-state index contributed by atoms with van der Waals surface area (Å²) in [4.78, 5) is 29.1. The van der Waals surface area contributed by atoms with Crippen LogP contribution in [-0.4, -0.2) is 44.8 Å². The minimum absolute atomic E-state index is 0.0185. The number of amides is 3. The number of anilines is 1. The minimum atomic E-state index is -4.79. The number of ether oxygens (including phenoxy) is 1. The lowest BCUT2D eigenvalue weighted by Crippen LogP contribution is -2.49. The standard InChI is InChI=1S/C29H34F3N7O3/c30-29(31,32)42-26-16-12-24(13-17-26)34-28(41)38(25-14-10-22(11-15-25)21-4-2-1-3-5-21)18-20-6-8-23(9-7-20)27(40)35-39-19-33-36-37-39/h6-9,12-13,16-17,19,21-22,25H,1-5,10-11,14-15,18H2,(H2,34,35,40,41)/p+1. The van der Waals surface area contributed by atoms with E-state index < -0.39 is 6.36 Å². The van der Waals surface area contributed by atoms with E-state index in [0.717, 1.165) is 37.2 Å². The van der Waals surface area contributed by atoms with Crippen LogP contribution in [0.5, 0.6) is 5.75 Å². The molecule has 2 aromatic carbocycles. The van der Waals surface area contributed by atoms with Crippen LogP contribution in [0.1, 0.15) is 73.7 Å². The summed E-state index contributed by atoms with van der Waals surface area (Å²) in [6, 6.07) is 11.8. The topological polar surface area (TPSA) is 116 Å². The number of tetrazole rings is 1. The molecule has 2 aliphatic rings. The van der Waals surface area contributed by atoms with Crippen LogP contribution in [0, 0.1) is 11.8 Å². The molecule has 1 heterocycles. The Bertz CT molecular complexity index is 1300. The van der Waals surface area contributed by atoms with Crippen molar-refractivity contribution in [2.75, 3.05) is 10.7 Å². The molecule has 3 aromatic rings. The number of halogens is 3. The Labute approximate surface area is 241 Å². The highest BCUT2D eigenvalue weighted by atomic mass is 19.4. The van der Waals surface area contributed by atoms with E-state index >= 15 is 0 Å². The Hall–Kier alpha value is -4.16. The molecule has 0 saturated heterocycles. The molecule has 2 aliphatic carbocycles. The molecule has 10 nitrogen and oxygen atoms in total. The van der Waals surface area contributed by atoms with Gasteiger partial charge in [0.25, 0.3) is 5.91 Å². The van der Waals surface area contributed by atoms with Crippen molar-refractivity contribution in [2.45, 2.75) is 76.7 Å². The van der Waals surface area contributed by atoms with E-state index in [0.29, 0.717) is 23.7 Å². The molecular formula is C29H35F3N7O3+. The number of nitrogens with zero attached hydrogens (tertiary/aromatic N) is 4. The SMILES string of the molecule is O=C(N[n+]1cnn[nH]1)c1ccc(CN(C(=O)Nc2ccc(OC(F)(F)F)cc2)C2CCC(C3CCCCC3)CC2)cc1. The van der Waals surface area contributed by atoms with Gasteiger partial charge in [0.15, 0.2) is 5.21 Å². The van der Waals surface area contributed by atoms with Crippen molar-refractivity contribution in [1.29, 1.82) is 0 Å². The maximum atomic E-state index is 13.6. The lowest BCUT2D eigenvalue weighted by Gasteiger charge is -2.40. The Morgan fingerprint density at radius 2 is 1.60 bits per heavy atom. The molecular weight excluding hydrogens is 551 g/mol. The van der Waals surface area contributed by atoms with E-state index in [1.807, 2.05) is 12.1 Å². The molecule has 42 heavy (non-hydrogen) atoms. The second-order valence-corrected chi connectivity index (χ2v) is 11.0. The van der Waals surface area contributed by atoms with Crippen molar-refractivity contribution in [3.8, 4) is 5.75 Å². The van der Waals surface area contributed by atoms with Crippen LogP contribution >= 0.6 is 0 Å². The van der Waals surface area contributed by atoms with Gasteiger partial charge in [-0.05, 0) is 79.5 Å². The van der Waals surface area contributed by atoms with Gasteiger partial charge in [0.1, 0.15) is 10.8 Å². The second kappa shape index (κ2) is 13.2. The number of carbonyl (C=O) groups is 2. The first kappa shape index (κ1) is 29.3. The highest BCUT2D eigenvalue weighted by Gasteiger charge is 2.33. The zero-order valence-electron chi connectivity index (χ0n) is 23.1. The predicted molar refractivity (Wildman–Crippen MR) is 147 cm³/mol. The van der Waals surface area contributed by atoms with Gasteiger partial charge in [-0.2, -0.15) is 5.43 Å². The van der Waals surface area contributed by atoms with Gasteiger partial charge >= 0.3 is 18.7 Å². The van der Waals surface area contributed by atoms with Gasteiger partial charge in [-0.25, -0.2) is 4.79 Å². The summed E-state index contributed by atoms with van der Waals surface area (Å²) in [7, 11) is 0. The van der Waals surface area contributed by atoms with Gasteiger partial charge in [0.2, 0.25) is 0 Å². The van der Waals surface area contributed by atoms with Gasteiger partial charge in [0, 0.05) is 23.8 Å². The Kier molecular flexibility index (Phi) is 9.23. The van der Waals surface area contributed by atoms with E-state index in [9.17, 15) is 22.8 Å². The average molecular weight is 587 g/mol. The molecule has 224 valence electrons. The lowest BCUT2D eigenvalue weighted by atomic mass is 9.72. The third-order valence-electron chi connectivity index (χ3n) is 8.27. The van der Waals surface area contributed by atoms with Gasteiger partial charge < -0.3 is 15.0 Å². The third-order valence-corrected chi connectivity index (χ3v) is 8.27. The van der Waals surface area contributed by atoms with E-state index in [1.165, 1.54) is 67.5 Å². The number of alkyl halides is 3. The molecule has 0 spiro atoms. The predicted octanol–water partition coefficient (Wildman–Crippen LogP) is 5.55. The van der Waals surface area contributed by atoms with Crippen LogP contribution in [0.15, 0.2) is 54.9 Å². The fourth-order valence-electron chi connectivity index (χ4n) is 6.16. The van der Waals surface area contributed by atoms with Crippen molar-refractivity contribution < 1.29 is 32.3 Å². The highest BCUT2D eigenvalue weighted by Crippen LogP contribution is 2.39. The minimum Gasteiger partial charge on any atom is -0.406 e. The summed E-state index contributed by atoms with van der Waals surface area (Å²) in [5, 5.41) is 12.5. The molecule has 13 heteroatoms. The first-order valence-electron chi connectivity index (χ1n) is 14.3. The van der Waals surface area contributed by atoms with Gasteiger partial charge in [0.05, 0.1) is 0 Å². The highest BCUT2D eigenvalue weighted by molar-refractivity contribution is 5.98. The first-order chi connectivity index (χ1) is 20.2. The number of H-pyrrole nitrogens is 1.